The van der Waals surface area contributed by atoms with E-state index in [-0.39, 0.29) is 0 Å². The fourth-order valence-corrected chi connectivity index (χ4v) is 1.68. The predicted octanol–water partition coefficient (Wildman–Crippen LogP) is 1.35. The standard InChI is InChI=1S/C8H14N/c1-2-8(6-9-5-1)7-3-4-7/h8-9H,1-6H2. The Morgan fingerprint density at radius 3 is 2.78 bits per heavy atom. The Morgan fingerprint density at radius 2 is 2.22 bits per heavy atom. The van der Waals surface area contributed by atoms with Crippen LogP contribution in [-0.4, -0.2) is 13.1 Å². The highest BCUT2D eigenvalue weighted by atomic mass is 14.9. The van der Waals surface area contributed by atoms with E-state index in [1.165, 1.54) is 38.8 Å². The molecule has 2 rings (SSSR count). The van der Waals surface area contributed by atoms with Crippen LogP contribution in [0.4, 0.5) is 0 Å². The van der Waals surface area contributed by atoms with Gasteiger partial charge in [-0.1, -0.05) is 0 Å². The molecule has 0 aromatic carbocycles. The first-order valence-electron chi connectivity index (χ1n) is 4.02. The van der Waals surface area contributed by atoms with Crippen LogP contribution >= 0.6 is 0 Å². The topological polar surface area (TPSA) is 12.0 Å². The number of hydrogen-bond donors (Lipinski definition) is 1. The summed E-state index contributed by atoms with van der Waals surface area (Å²) in [5, 5.41) is 3.44. The second-order valence-corrected chi connectivity index (χ2v) is 3.20. The first-order chi connectivity index (χ1) is 4.47. The Balaban J connectivity index is 1.80. The zero-order valence-electron chi connectivity index (χ0n) is 5.82. The second-order valence-electron chi connectivity index (χ2n) is 3.20. The van der Waals surface area contributed by atoms with E-state index in [1.807, 2.05) is 5.92 Å². The highest BCUT2D eigenvalue weighted by molar-refractivity contribution is 5.11. The third kappa shape index (κ3) is 1.26. The quantitative estimate of drug-likeness (QED) is 0.556. The number of hydrogen-bond acceptors (Lipinski definition) is 1. The molecule has 1 heterocycles. The van der Waals surface area contributed by atoms with Crippen molar-refractivity contribution < 1.29 is 0 Å². The van der Waals surface area contributed by atoms with Gasteiger partial charge in [-0.05, 0) is 50.6 Å². The first-order valence-corrected chi connectivity index (χ1v) is 4.02. The van der Waals surface area contributed by atoms with Crippen molar-refractivity contribution in [1.29, 1.82) is 0 Å². The van der Waals surface area contributed by atoms with Crippen molar-refractivity contribution in [1.82, 2.24) is 5.32 Å². The van der Waals surface area contributed by atoms with E-state index in [0.29, 0.717) is 0 Å². The molecule has 1 unspecified atom stereocenters. The summed E-state index contributed by atoms with van der Waals surface area (Å²) in [6, 6.07) is 0. The van der Waals surface area contributed by atoms with Crippen LogP contribution < -0.4 is 5.32 Å². The van der Waals surface area contributed by atoms with Gasteiger partial charge < -0.3 is 5.32 Å². The van der Waals surface area contributed by atoms with E-state index in [0.717, 1.165) is 5.92 Å². The Bertz CT molecular complexity index is 90.7. The van der Waals surface area contributed by atoms with Gasteiger partial charge in [0.15, 0.2) is 0 Å². The van der Waals surface area contributed by atoms with Gasteiger partial charge in [0.05, 0.1) is 0 Å². The molecule has 2 aliphatic rings. The Kier molecular flexibility index (Phi) is 1.46. The molecule has 1 saturated heterocycles. The average Bonchev–Trinajstić information content (AvgIpc) is 2.71. The fraction of sp³-hybridized carbons (Fsp3) is 0.875. The molecular weight excluding hydrogens is 110 g/mol. The van der Waals surface area contributed by atoms with Gasteiger partial charge in [-0.2, -0.15) is 0 Å². The van der Waals surface area contributed by atoms with Crippen LogP contribution in [0.25, 0.3) is 0 Å². The van der Waals surface area contributed by atoms with Crippen LogP contribution in [0.2, 0.25) is 0 Å². The highest BCUT2D eigenvalue weighted by Crippen LogP contribution is 2.41. The zero-order valence-corrected chi connectivity index (χ0v) is 5.82. The molecule has 1 nitrogen and oxygen atoms in total. The van der Waals surface area contributed by atoms with Crippen LogP contribution in [0.5, 0.6) is 0 Å². The molecule has 1 aliphatic carbocycles. The van der Waals surface area contributed by atoms with E-state index in [9.17, 15) is 0 Å². The SMILES string of the molecule is C1CNCC([C]2CC2)C1. The maximum absolute atomic E-state index is 3.44. The Morgan fingerprint density at radius 1 is 1.33 bits per heavy atom. The third-order valence-corrected chi connectivity index (χ3v) is 2.41. The molecule has 0 aromatic rings. The lowest BCUT2D eigenvalue weighted by Crippen LogP contribution is -2.30. The van der Waals surface area contributed by atoms with Crippen LogP contribution in [-0.2, 0) is 0 Å². The molecule has 1 atom stereocenters. The summed E-state index contributed by atoms with van der Waals surface area (Å²) < 4.78 is 0. The van der Waals surface area contributed by atoms with Gasteiger partial charge in [0.1, 0.15) is 0 Å². The summed E-state index contributed by atoms with van der Waals surface area (Å²) >= 11 is 0. The van der Waals surface area contributed by atoms with Gasteiger partial charge in [-0.3, -0.25) is 0 Å². The van der Waals surface area contributed by atoms with E-state index in [1.54, 1.807) is 0 Å². The summed E-state index contributed by atoms with van der Waals surface area (Å²) in [6.07, 6.45) is 5.73. The van der Waals surface area contributed by atoms with Crippen LogP contribution in [0.3, 0.4) is 0 Å². The number of rotatable bonds is 1. The van der Waals surface area contributed by atoms with Crippen molar-refractivity contribution in [2.45, 2.75) is 25.7 Å². The minimum Gasteiger partial charge on any atom is -0.316 e. The van der Waals surface area contributed by atoms with Gasteiger partial charge in [-0.15, -0.1) is 0 Å². The summed E-state index contributed by atoms with van der Waals surface area (Å²) in [5.41, 5.74) is 0. The maximum atomic E-state index is 3.44. The molecule has 1 aliphatic heterocycles. The van der Waals surface area contributed by atoms with Crippen molar-refractivity contribution in [3.8, 4) is 0 Å². The highest BCUT2D eigenvalue weighted by Gasteiger charge is 2.31. The van der Waals surface area contributed by atoms with Gasteiger partial charge in [0, 0.05) is 0 Å². The van der Waals surface area contributed by atoms with E-state index >= 15 is 0 Å². The smallest absolute Gasteiger partial charge is 0.00150 e. The van der Waals surface area contributed by atoms with Crippen LogP contribution in [0.1, 0.15) is 25.7 Å². The zero-order chi connectivity index (χ0) is 6.10. The lowest BCUT2D eigenvalue weighted by atomic mass is 9.95. The third-order valence-electron chi connectivity index (χ3n) is 2.41. The largest absolute Gasteiger partial charge is 0.316 e. The van der Waals surface area contributed by atoms with Gasteiger partial charge in [0.25, 0.3) is 0 Å². The molecule has 0 spiro atoms. The fourth-order valence-electron chi connectivity index (χ4n) is 1.68. The molecule has 2 fully saturated rings. The Hall–Kier alpha value is -0.0400. The molecule has 1 saturated carbocycles. The average molecular weight is 124 g/mol. The van der Waals surface area contributed by atoms with Gasteiger partial charge >= 0.3 is 0 Å². The van der Waals surface area contributed by atoms with E-state index < -0.39 is 0 Å². The molecule has 1 radical (unpaired) electrons. The van der Waals surface area contributed by atoms with Crippen LogP contribution in [0, 0.1) is 11.8 Å². The molecule has 51 valence electrons. The van der Waals surface area contributed by atoms with Crippen molar-refractivity contribution in [3.63, 3.8) is 0 Å². The molecule has 9 heavy (non-hydrogen) atoms. The predicted molar refractivity (Wildman–Crippen MR) is 38.1 cm³/mol. The summed E-state index contributed by atoms with van der Waals surface area (Å²) in [4.78, 5) is 0. The molecule has 0 bridgehead atoms. The number of piperidine rings is 1. The van der Waals surface area contributed by atoms with Crippen molar-refractivity contribution >= 4 is 0 Å². The van der Waals surface area contributed by atoms with E-state index in [4.69, 9.17) is 0 Å². The second kappa shape index (κ2) is 2.30. The van der Waals surface area contributed by atoms with Crippen molar-refractivity contribution in [3.05, 3.63) is 5.92 Å². The van der Waals surface area contributed by atoms with Gasteiger partial charge in [0.2, 0.25) is 0 Å². The summed E-state index contributed by atoms with van der Waals surface area (Å²) in [6.45, 7) is 2.53. The molecule has 0 aromatic heterocycles. The first kappa shape index (κ1) is 5.72. The lowest BCUT2D eigenvalue weighted by Gasteiger charge is -2.21. The molecular formula is C8H14N. The normalized spacial score (nSPS) is 36.7. The van der Waals surface area contributed by atoms with Crippen molar-refractivity contribution in [2.24, 2.45) is 5.92 Å². The maximum Gasteiger partial charge on any atom is -0.00150 e. The minimum absolute atomic E-state index is 0.971. The molecule has 1 N–H and O–H groups in total. The molecule has 0 amide bonds. The molecule has 1 heteroatoms. The summed E-state index contributed by atoms with van der Waals surface area (Å²) in [7, 11) is 0. The van der Waals surface area contributed by atoms with E-state index in [2.05, 4.69) is 5.32 Å². The monoisotopic (exact) mass is 124 g/mol. The number of nitrogens with one attached hydrogen (secondary N) is 1. The lowest BCUT2D eigenvalue weighted by molar-refractivity contribution is 0.410. The Labute approximate surface area is 56.8 Å². The minimum atomic E-state index is 0.971. The van der Waals surface area contributed by atoms with Crippen molar-refractivity contribution in [2.75, 3.05) is 13.1 Å². The van der Waals surface area contributed by atoms with Gasteiger partial charge in [-0.25, -0.2) is 0 Å². The van der Waals surface area contributed by atoms with Crippen LogP contribution in [0.15, 0.2) is 0 Å². The summed E-state index contributed by atoms with van der Waals surface area (Å²) in [5.74, 6) is 2.81.